The molecule has 4 atom stereocenters. The third kappa shape index (κ3) is 10.0. The monoisotopic (exact) mass is 418 g/mol. The molecule has 0 aliphatic carbocycles. The van der Waals surface area contributed by atoms with Crippen molar-refractivity contribution < 1.29 is 44.1 Å². The van der Waals surface area contributed by atoms with Crippen molar-refractivity contribution >= 4 is 35.6 Å². The molecule has 0 bridgehead atoms. The van der Waals surface area contributed by atoms with Gasteiger partial charge < -0.3 is 37.0 Å². The molecule has 0 saturated carbocycles. The number of nitrogens with two attached hydrogens (primary N) is 1. The number of amides is 3. The molecule has 13 heteroatoms. The maximum atomic E-state index is 12.2. The first-order valence-corrected chi connectivity index (χ1v) is 8.68. The summed E-state index contributed by atoms with van der Waals surface area (Å²) in [5, 5.41) is 32.6. The highest BCUT2D eigenvalue weighted by molar-refractivity contribution is 5.94. The number of carbonyl (C=O) groups excluding carboxylic acids is 3. The Balaban J connectivity index is 4.91. The van der Waals surface area contributed by atoms with Crippen LogP contribution in [0.4, 0.5) is 0 Å². The third-order valence-electron chi connectivity index (χ3n) is 4.01. The second-order valence-electron chi connectivity index (χ2n) is 6.34. The lowest BCUT2D eigenvalue weighted by Gasteiger charge is -2.22. The number of carbonyl (C=O) groups is 6. The summed E-state index contributed by atoms with van der Waals surface area (Å²) < 4.78 is 0. The van der Waals surface area contributed by atoms with Crippen LogP contribution in [0, 0.1) is 5.92 Å². The standard InChI is InChI=1S/C16H26N4O9/c1-3-7(2)13(17)15(27)20-8(4-11(22)23)14(26)18-6-10(21)19-9(16(28)29)5-12(24)25/h7-9,13H,3-6,17H2,1-2H3,(H,18,26)(H,19,21)(H,20,27)(H,22,23)(H,24,25)(H,28,29). The summed E-state index contributed by atoms with van der Waals surface area (Å²) in [7, 11) is 0. The lowest BCUT2D eigenvalue weighted by Crippen LogP contribution is -2.55. The predicted octanol–water partition coefficient (Wildman–Crippen LogP) is -2.52. The number of hydrogen-bond donors (Lipinski definition) is 7. The number of carboxylic acid groups (broad SMARTS) is 3. The molecule has 0 aliphatic rings. The van der Waals surface area contributed by atoms with Crippen LogP contribution in [0.15, 0.2) is 0 Å². The zero-order chi connectivity index (χ0) is 22.7. The second kappa shape index (κ2) is 12.3. The fraction of sp³-hybridized carbons (Fsp3) is 0.625. The Labute approximate surface area is 166 Å². The Morgan fingerprint density at radius 1 is 0.862 bits per heavy atom. The molecule has 0 heterocycles. The Morgan fingerprint density at radius 3 is 1.83 bits per heavy atom. The molecule has 29 heavy (non-hydrogen) atoms. The topological polar surface area (TPSA) is 225 Å². The molecule has 13 nitrogen and oxygen atoms in total. The highest BCUT2D eigenvalue weighted by atomic mass is 16.4. The fourth-order valence-electron chi connectivity index (χ4n) is 2.07. The van der Waals surface area contributed by atoms with E-state index >= 15 is 0 Å². The van der Waals surface area contributed by atoms with Crippen LogP contribution >= 0.6 is 0 Å². The molecule has 0 aromatic carbocycles. The van der Waals surface area contributed by atoms with E-state index in [0.29, 0.717) is 6.42 Å². The van der Waals surface area contributed by atoms with Gasteiger partial charge in [-0.05, 0) is 5.92 Å². The van der Waals surface area contributed by atoms with Crippen molar-refractivity contribution in [3.63, 3.8) is 0 Å². The van der Waals surface area contributed by atoms with Crippen molar-refractivity contribution in [2.45, 2.75) is 51.2 Å². The summed E-state index contributed by atoms with van der Waals surface area (Å²) >= 11 is 0. The molecule has 3 amide bonds. The maximum Gasteiger partial charge on any atom is 0.326 e. The van der Waals surface area contributed by atoms with Crippen LogP contribution in [0.3, 0.4) is 0 Å². The van der Waals surface area contributed by atoms with E-state index in [1.165, 1.54) is 0 Å². The smallest absolute Gasteiger partial charge is 0.326 e. The van der Waals surface area contributed by atoms with Crippen molar-refractivity contribution in [1.29, 1.82) is 0 Å². The van der Waals surface area contributed by atoms with Crippen LogP contribution in [0.2, 0.25) is 0 Å². The normalized spacial score (nSPS) is 14.6. The molecule has 0 rings (SSSR count). The van der Waals surface area contributed by atoms with E-state index in [-0.39, 0.29) is 5.92 Å². The average molecular weight is 418 g/mol. The first kappa shape index (κ1) is 25.8. The quantitative estimate of drug-likeness (QED) is 0.166. The van der Waals surface area contributed by atoms with Crippen LogP contribution in [0.5, 0.6) is 0 Å². The van der Waals surface area contributed by atoms with Gasteiger partial charge in [-0.1, -0.05) is 20.3 Å². The van der Waals surface area contributed by atoms with Gasteiger partial charge in [-0.25, -0.2) is 4.79 Å². The minimum atomic E-state index is -1.71. The summed E-state index contributed by atoms with van der Waals surface area (Å²) in [5.41, 5.74) is 5.74. The van der Waals surface area contributed by atoms with Gasteiger partial charge in [0.15, 0.2) is 0 Å². The molecule has 0 radical (unpaired) electrons. The van der Waals surface area contributed by atoms with Crippen molar-refractivity contribution in [2.75, 3.05) is 6.54 Å². The van der Waals surface area contributed by atoms with E-state index in [1.54, 1.807) is 13.8 Å². The maximum absolute atomic E-state index is 12.2. The third-order valence-corrected chi connectivity index (χ3v) is 4.01. The molecule has 0 aromatic heterocycles. The second-order valence-corrected chi connectivity index (χ2v) is 6.34. The van der Waals surface area contributed by atoms with Crippen molar-refractivity contribution in [2.24, 2.45) is 11.7 Å². The molecule has 0 saturated heterocycles. The van der Waals surface area contributed by atoms with Gasteiger partial charge in [0.05, 0.1) is 25.4 Å². The SMILES string of the molecule is CCC(C)C(N)C(=O)NC(CC(=O)O)C(=O)NCC(=O)NC(CC(=O)O)C(=O)O. The number of nitrogens with one attached hydrogen (secondary N) is 3. The first-order chi connectivity index (χ1) is 13.4. The van der Waals surface area contributed by atoms with Gasteiger partial charge >= 0.3 is 17.9 Å². The Kier molecular flexibility index (Phi) is 10.9. The van der Waals surface area contributed by atoms with Crippen LogP contribution in [-0.4, -0.2) is 75.6 Å². The summed E-state index contributed by atoms with van der Waals surface area (Å²) in [6.07, 6.45) is -1.07. The van der Waals surface area contributed by atoms with Gasteiger partial charge in [-0.2, -0.15) is 0 Å². The Bertz CT molecular complexity index is 652. The largest absolute Gasteiger partial charge is 0.481 e. The number of rotatable bonds is 13. The fourth-order valence-corrected chi connectivity index (χ4v) is 2.07. The molecule has 4 unspecified atom stereocenters. The molecule has 0 aliphatic heterocycles. The minimum Gasteiger partial charge on any atom is -0.481 e. The minimum absolute atomic E-state index is 0.225. The van der Waals surface area contributed by atoms with Gasteiger partial charge in [-0.15, -0.1) is 0 Å². The number of carboxylic acids is 3. The summed E-state index contributed by atoms with van der Waals surface area (Å²) in [6.45, 7) is 2.75. The van der Waals surface area contributed by atoms with Crippen molar-refractivity contribution in [3.05, 3.63) is 0 Å². The predicted molar refractivity (Wildman–Crippen MR) is 96.4 cm³/mol. The molecule has 8 N–H and O–H groups in total. The molecule has 164 valence electrons. The summed E-state index contributed by atoms with van der Waals surface area (Å²) in [6, 6.07) is -4.20. The summed E-state index contributed by atoms with van der Waals surface area (Å²) in [4.78, 5) is 68.4. The average Bonchev–Trinajstić information content (AvgIpc) is 2.62. The van der Waals surface area contributed by atoms with E-state index in [4.69, 9.17) is 21.1 Å². The molecular formula is C16H26N4O9. The molecule has 0 aromatic rings. The number of aliphatic carboxylic acids is 3. The Hall–Kier alpha value is -3.22. The van der Waals surface area contributed by atoms with Crippen molar-refractivity contribution in [3.8, 4) is 0 Å². The highest BCUT2D eigenvalue weighted by Crippen LogP contribution is 2.06. The zero-order valence-electron chi connectivity index (χ0n) is 16.0. The number of hydrogen-bond acceptors (Lipinski definition) is 7. The first-order valence-electron chi connectivity index (χ1n) is 8.68. The van der Waals surface area contributed by atoms with Crippen LogP contribution in [-0.2, 0) is 28.8 Å². The highest BCUT2D eigenvalue weighted by Gasteiger charge is 2.28. The van der Waals surface area contributed by atoms with Gasteiger partial charge in [0.2, 0.25) is 17.7 Å². The lowest BCUT2D eigenvalue weighted by molar-refractivity contribution is -0.147. The molecule has 0 fully saturated rings. The van der Waals surface area contributed by atoms with Gasteiger partial charge in [0.1, 0.15) is 12.1 Å². The van der Waals surface area contributed by atoms with Gasteiger partial charge in [0, 0.05) is 0 Å². The van der Waals surface area contributed by atoms with Gasteiger partial charge in [-0.3, -0.25) is 24.0 Å². The van der Waals surface area contributed by atoms with E-state index in [0.717, 1.165) is 0 Å². The molecular weight excluding hydrogens is 392 g/mol. The zero-order valence-corrected chi connectivity index (χ0v) is 16.0. The van der Waals surface area contributed by atoms with Crippen LogP contribution in [0.1, 0.15) is 33.1 Å². The van der Waals surface area contributed by atoms with Crippen LogP contribution < -0.4 is 21.7 Å². The van der Waals surface area contributed by atoms with E-state index in [1.807, 2.05) is 5.32 Å². The van der Waals surface area contributed by atoms with E-state index < -0.39 is 73.1 Å². The van der Waals surface area contributed by atoms with Crippen molar-refractivity contribution in [1.82, 2.24) is 16.0 Å². The van der Waals surface area contributed by atoms with E-state index in [9.17, 15) is 28.8 Å². The van der Waals surface area contributed by atoms with Gasteiger partial charge in [0.25, 0.3) is 0 Å². The summed E-state index contributed by atoms with van der Waals surface area (Å²) in [5.74, 6) is -7.40. The Morgan fingerprint density at radius 2 is 1.38 bits per heavy atom. The van der Waals surface area contributed by atoms with Crippen LogP contribution in [0.25, 0.3) is 0 Å². The lowest BCUT2D eigenvalue weighted by atomic mass is 9.99. The molecule has 0 spiro atoms. The van der Waals surface area contributed by atoms with E-state index in [2.05, 4.69) is 10.6 Å².